The van der Waals surface area contributed by atoms with Crippen molar-refractivity contribution < 1.29 is 0 Å². The van der Waals surface area contributed by atoms with Crippen LogP contribution < -0.4 is 0 Å². The van der Waals surface area contributed by atoms with Gasteiger partial charge in [0.2, 0.25) is 0 Å². The molecule has 2 fully saturated rings. The van der Waals surface area contributed by atoms with E-state index in [1.165, 1.54) is 64.5 Å². The number of hydrogen-bond acceptors (Lipinski definition) is 1. The van der Waals surface area contributed by atoms with Gasteiger partial charge in [0, 0.05) is 6.04 Å². The molecule has 0 atom stereocenters. The van der Waals surface area contributed by atoms with Gasteiger partial charge in [0.25, 0.3) is 0 Å². The summed E-state index contributed by atoms with van der Waals surface area (Å²) in [5, 5.41) is 0. The van der Waals surface area contributed by atoms with Gasteiger partial charge >= 0.3 is 0 Å². The molecule has 0 aromatic rings. The highest BCUT2D eigenvalue weighted by molar-refractivity contribution is 4.81. The molecule has 0 spiro atoms. The fourth-order valence-corrected chi connectivity index (χ4v) is 3.31. The summed E-state index contributed by atoms with van der Waals surface area (Å²) in [6, 6.07) is 0.964. The van der Waals surface area contributed by atoms with Crippen molar-refractivity contribution in [1.82, 2.24) is 4.90 Å². The van der Waals surface area contributed by atoms with Gasteiger partial charge in [-0.2, -0.15) is 0 Å². The van der Waals surface area contributed by atoms with Crippen molar-refractivity contribution in [3.05, 3.63) is 0 Å². The number of nitrogens with zero attached hydrogens (tertiary/aromatic N) is 1. The Morgan fingerprint density at radius 2 is 1.33 bits per heavy atom. The summed E-state index contributed by atoms with van der Waals surface area (Å²) in [6.07, 6.45) is 11.8. The molecular formula is C17H37N. The molecular weight excluding hydrogens is 218 g/mol. The van der Waals surface area contributed by atoms with E-state index in [-0.39, 0.29) is 0 Å². The molecule has 0 radical (unpaired) electrons. The molecule has 0 aromatic heterocycles. The summed E-state index contributed by atoms with van der Waals surface area (Å²) in [6.45, 7) is 13.1. The van der Waals surface area contributed by atoms with Crippen LogP contribution in [0.1, 0.15) is 86.0 Å². The van der Waals surface area contributed by atoms with Crippen LogP contribution in [0.15, 0.2) is 0 Å². The SMILES string of the molecule is CC.CC.CCCC1CCC(N2CCCC2)CC1. The minimum Gasteiger partial charge on any atom is -0.300 e. The maximum atomic E-state index is 2.75. The normalized spacial score (nSPS) is 27.8. The molecule has 18 heavy (non-hydrogen) atoms. The highest BCUT2D eigenvalue weighted by Crippen LogP contribution is 2.31. The van der Waals surface area contributed by atoms with E-state index in [1.807, 2.05) is 27.7 Å². The van der Waals surface area contributed by atoms with Gasteiger partial charge in [-0.1, -0.05) is 47.5 Å². The first kappa shape index (κ1) is 18.0. The van der Waals surface area contributed by atoms with Crippen LogP contribution in [-0.4, -0.2) is 24.0 Å². The van der Waals surface area contributed by atoms with E-state index in [9.17, 15) is 0 Å². The van der Waals surface area contributed by atoms with Crippen LogP contribution in [0, 0.1) is 5.92 Å². The van der Waals surface area contributed by atoms with Crippen LogP contribution in [0.4, 0.5) is 0 Å². The van der Waals surface area contributed by atoms with E-state index in [1.54, 1.807) is 0 Å². The van der Waals surface area contributed by atoms with Crippen LogP contribution >= 0.6 is 0 Å². The fraction of sp³-hybridized carbons (Fsp3) is 1.00. The van der Waals surface area contributed by atoms with Crippen molar-refractivity contribution >= 4 is 0 Å². The quantitative estimate of drug-likeness (QED) is 0.644. The first-order valence-electron chi connectivity index (χ1n) is 8.64. The molecule has 1 heterocycles. The lowest BCUT2D eigenvalue weighted by Gasteiger charge is -2.34. The molecule has 1 nitrogen and oxygen atoms in total. The summed E-state index contributed by atoms with van der Waals surface area (Å²) in [7, 11) is 0. The van der Waals surface area contributed by atoms with Crippen molar-refractivity contribution in [2.75, 3.05) is 13.1 Å². The molecule has 0 unspecified atom stereocenters. The Morgan fingerprint density at radius 3 is 1.78 bits per heavy atom. The highest BCUT2D eigenvalue weighted by Gasteiger charge is 2.26. The monoisotopic (exact) mass is 255 g/mol. The first-order valence-corrected chi connectivity index (χ1v) is 8.64. The molecule has 0 bridgehead atoms. The molecule has 110 valence electrons. The second kappa shape index (κ2) is 12.0. The Bertz CT molecular complexity index is 153. The lowest BCUT2D eigenvalue weighted by molar-refractivity contribution is 0.161. The van der Waals surface area contributed by atoms with E-state index in [2.05, 4.69) is 11.8 Å². The van der Waals surface area contributed by atoms with Crippen LogP contribution in [0.2, 0.25) is 0 Å². The lowest BCUT2D eigenvalue weighted by Crippen LogP contribution is -2.35. The van der Waals surface area contributed by atoms with Crippen molar-refractivity contribution in [2.24, 2.45) is 5.92 Å². The fourth-order valence-electron chi connectivity index (χ4n) is 3.31. The average Bonchev–Trinajstić information content (AvgIpc) is 2.99. The zero-order chi connectivity index (χ0) is 13.8. The zero-order valence-corrected chi connectivity index (χ0v) is 13.7. The topological polar surface area (TPSA) is 3.24 Å². The minimum absolute atomic E-state index is 0.964. The zero-order valence-electron chi connectivity index (χ0n) is 13.7. The maximum absolute atomic E-state index is 2.75. The average molecular weight is 255 g/mol. The van der Waals surface area contributed by atoms with Gasteiger partial charge in [-0.3, -0.25) is 0 Å². The van der Waals surface area contributed by atoms with Crippen LogP contribution in [0.25, 0.3) is 0 Å². The summed E-state index contributed by atoms with van der Waals surface area (Å²) in [5.41, 5.74) is 0. The van der Waals surface area contributed by atoms with Crippen molar-refractivity contribution in [3.8, 4) is 0 Å². The summed E-state index contributed by atoms with van der Waals surface area (Å²) in [4.78, 5) is 2.75. The molecule has 1 aliphatic heterocycles. The van der Waals surface area contributed by atoms with Crippen LogP contribution in [-0.2, 0) is 0 Å². The van der Waals surface area contributed by atoms with E-state index in [0.717, 1.165) is 12.0 Å². The molecule has 0 N–H and O–H groups in total. The third kappa shape index (κ3) is 6.22. The molecule has 1 saturated heterocycles. The van der Waals surface area contributed by atoms with Crippen molar-refractivity contribution in [3.63, 3.8) is 0 Å². The van der Waals surface area contributed by atoms with E-state index < -0.39 is 0 Å². The standard InChI is InChI=1S/C13H25N.2C2H6/c1-2-5-12-6-8-13(9-7-12)14-10-3-4-11-14;2*1-2/h12-13H,2-11H2,1H3;2*1-2H3. The van der Waals surface area contributed by atoms with Gasteiger partial charge in [0.1, 0.15) is 0 Å². The molecule has 0 amide bonds. The van der Waals surface area contributed by atoms with Gasteiger partial charge in [0.05, 0.1) is 0 Å². The van der Waals surface area contributed by atoms with E-state index >= 15 is 0 Å². The second-order valence-corrected chi connectivity index (χ2v) is 5.21. The summed E-state index contributed by atoms with van der Waals surface area (Å²) in [5.74, 6) is 1.07. The third-order valence-electron chi connectivity index (χ3n) is 4.17. The molecule has 1 aliphatic carbocycles. The molecule has 1 saturated carbocycles. The highest BCUT2D eigenvalue weighted by atomic mass is 15.2. The van der Waals surface area contributed by atoms with Gasteiger partial charge < -0.3 is 4.90 Å². The first-order chi connectivity index (χ1) is 8.90. The number of hydrogen-bond donors (Lipinski definition) is 0. The van der Waals surface area contributed by atoms with Crippen molar-refractivity contribution in [1.29, 1.82) is 0 Å². The van der Waals surface area contributed by atoms with Crippen LogP contribution in [0.5, 0.6) is 0 Å². The van der Waals surface area contributed by atoms with Crippen molar-refractivity contribution in [2.45, 2.75) is 92.0 Å². The number of rotatable bonds is 3. The Kier molecular flexibility index (Phi) is 12.0. The van der Waals surface area contributed by atoms with Gasteiger partial charge in [-0.25, -0.2) is 0 Å². The van der Waals surface area contributed by atoms with Gasteiger partial charge in [0.15, 0.2) is 0 Å². The van der Waals surface area contributed by atoms with E-state index in [0.29, 0.717) is 0 Å². The molecule has 2 aliphatic rings. The van der Waals surface area contributed by atoms with E-state index in [4.69, 9.17) is 0 Å². The predicted molar refractivity (Wildman–Crippen MR) is 84.2 cm³/mol. The second-order valence-electron chi connectivity index (χ2n) is 5.21. The third-order valence-corrected chi connectivity index (χ3v) is 4.17. The lowest BCUT2D eigenvalue weighted by atomic mass is 9.83. The minimum atomic E-state index is 0.964. The molecule has 1 heteroatoms. The molecule has 2 rings (SSSR count). The van der Waals surface area contributed by atoms with Gasteiger partial charge in [-0.15, -0.1) is 0 Å². The maximum Gasteiger partial charge on any atom is 0.00954 e. The van der Waals surface area contributed by atoms with Crippen LogP contribution in [0.3, 0.4) is 0 Å². The Hall–Kier alpha value is -0.0400. The Labute approximate surface area is 116 Å². The smallest absolute Gasteiger partial charge is 0.00954 e. The Morgan fingerprint density at radius 1 is 0.833 bits per heavy atom. The number of likely N-dealkylation sites (tertiary alicyclic amines) is 1. The predicted octanol–water partition coefficient (Wildman–Crippen LogP) is 5.49. The summed E-state index contributed by atoms with van der Waals surface area (Å²) < 4.78 is 0. The Balaban J connectivity index is 0.000000659. The summed E-state index contributed by atoms with van der Waals surface area (Å²) >= 11 is 0. The largest absolute Gasteiger partial charge is 0.300 e. The molecule has 0 aromatic carbocycles. The van der Waals surface area contributed by atoms with Gasteiger partial charge in [-0.05, 0) is 57.5 Å².